The number of pyridine rings is 1. The molecule has 2 aromatic carbocycles. The van der Waals surface area contributed by atoms with E-state index in [9.17, 15) is 18.0 Å². The average Bonchev–Trinajstić information content (AvgIpc) is 2.65. The van der Waals surface area contributed by atoms with Crippen molar-refractivity contribution in [1.82, 2.24) is 10.3 Å². The quantitative estimate of drug-likeness (QED) is 0.618. The number of aromatic nitrogens is 1. The van der Waals surface area contributed by atoms with Gasteiger partial charge < -0.3 is 10.6 Å². The van der Waals surface area contributed by atoms with Crippen molar-refractivity contribution in [2.24, 2.45) is 0 Å². The van der Waals surface area contributed by atoms with E-state index in [1.54, 1.807) is 18.3 Å². The molecule has 1 heterocycles. The topological polar surface area (TPSA) is 54.0 Å². The molecule has 0 bridgehead atoms. The minimum absolute atomic E-state index is 0.334. The fraction of sp³-hybridized carbons (Fsp3) is 0.200. The Kier molecular flexibility index (Phi) is 5.59. The van der Waals surface area contributed by atoms with Crippen molar-refractivity contribution in [2.45, 2.75) is 19.0 Å². The number of aryl methyl sites for hydroxylation is 1. The summed E-state index contributed by atoms with van der Waals surface area (Å²) in [6.45, 7) is 0.413. The molecule has 0 aliphatic heterocycles. The monoisotopic (exact) mass is 373 g/mol. The van der Waals surface area contributed by atoms with Gasteiger partial charge in [-0.3, -0.25) is 4.98 Å². The van der Waals surface area contributed by atoms with Crippen molar-refractivity contribution < 1.29 is 18.0 Å². The summed E-state index contributed by atoms with van der Waals surface area (Å²) >= 11 is 0. The highest BCUT2D eigenvalue weighted by Gasteiger charge is 2.29. The number of hydrogen-bond acceptors (Lipinski definition) is 2. The number of rotatable bonds is 5. The summed E-state index contributed by atoms with van der Waals surface area (Å²) in [5, 5.41) is 6.39. The zero-order valence-corrected chi connectivity index (χ0v) is 14.4. The molecule has 3 aromatic rings. The molecule has 3 rings (SSSR count). The number of anilines is 1. The van der Waals surface area contributed by atoms with Gasteiger partial charge in [-0.15, -0.1) is 0 Å². The number of nitrogens with zero attached hydrogens (tertiary/aromatic N) is 1. The molecule has 0 spiro atoms. The second-order valence-corrected chi connectivity index (χ2v) is 6.05. The predicted octanol–water partition coefficient (Wildman–Crippen LogP) is 5.01. The maximum Gasteiger partial charge on any atom is 0.416 e. The number of alkyl halides is 3. The van der Waals surface area contributed by atoms with E-state index >= 15 is 0 Å². The van der Waals surface area contributed by atoms with Crippen LogP contribution in [0, 0.1) is 0 Å². The molecule has 0 unspecified atom stereocenters. The molecule has 140 valence electrons. The number of urea groups is 1. The Hall–Kier alpha value is -3.09. The van der Waals surface area contributed by atoms with Crippen LogP contribution in [0.25, 0.3) is 10.9 Å². The van der Waals surface area contributed by atoms with Gasteiger partial charge in [0.2, 0.25) is 0 Å². The molecule has 0 atom stereocenters. The highest BCUT2D eigenvalue weighted by molar-refractivity contribution is 6.00. The van der Waals surface area contributed by atoms with E-state index in [0.29, 0.717) is 25.1 Å². The molecule has 1 aromatic heterocycles. The molecule has 0 fully saturated rings. The van der Waals surface area contributed by atoms with Gasteiger partial charge >= 0.3 is 12.2 Å². The fourth-order valence-corrected chi connectivity index (χ4v) is 2.73. The van der Waals surface area contributed by atoms with Crippen LogP contribution in [0.4, 0.5) is 23.7 Å². The summed E-state index contributed by atoms with van der Waals surface area (Å²) in [5.41, 5.74) is 1.59. The number of benzene rings is 2. The van der Waals surface area contributed by atoms with Gasteiger partial charge in [0.1, 0.15) is 0 Å². The van der Waals surface area contributed by atoms with E-state index in [1.807, 2.05) is 18.2 Å². The van der Waals surface area contributed by atoms with Crippen LogP contribution in [0.15, 0.2) is 60.8 Å². The summed E-state index contributed by atoms with van der Waals surface area (Å²) in [6.07, 6.45) is -1.44. The Morgan fingerprint density at radius 3 is 2.52 bits per heavy atom. The van der Waals surface area contributed by atoms with E-state index in [4.69, 9.17) is 0 Å². The lowest BCUT2D eigenvalue weighted by atomic mass is 10.1. The summed E-state index contributed by atoms with van der Waals surface area (Å²) < 4.78 is 37.6. The number of carbonyl (C=O) groups excluding carboxylic acids is 1. The molecule has 0 saturated heterocycles. The summed E-state index contributed by atoms with van der Waals surface area (Å²) in [6, 6.07) is 13.9. The van der Waals surface area contributed by atoms with E-state index in [2.05, 4.69) is 15.6 Å². The third kappa shape index (κ3) is 4.97. The maximum atomic E-state index is 12.5. The molecule has 0 radical (unpaired) electrons. The van der Waals surface area contributed by atoms with Gasteiger partial charge in [-0.05, 0) is 54.8 Å². The van der Waals surface area contributed by atoms with Crippen molar-refractivity contribution >= 4 is 22.6 Å². The van der Waals surface area contributed by atoms with Crippen molar-refractivity contribution in [3.05, 3.63) is 71.9 Å². The molecule has 2 amide bonds. The lowest BCUT2D eigenvalue weighted by Crippen LogP contribution is -2.29. The van der Waals surface area contributed by atoms with Gasteiger partial charge in [0, 0.05) is 18.1 Å². The smallest absolute Gasteiger partial charge is 0.338 e. The zero-order valence-electron chi connectivity index (χ0n) is 14.4. The molecule has 27 heavy (non-hydrogen) atoms. The standard InChI is InChI=1S/C20H18F3N3O/c21-20(22,23)15-10-8-14(9-11-15)4-2-13-25-19(27)26-18-7-1-6-17-16(18)5-3-12-24-17/h1,3,5-12H,2,4,13H2,(H2,25,26,27). The molecule has 4 nitrogen and oxygen atoms in total. The first-order chi connectivity index (χ1) is 12.9. The van der Waals surface area contributed by atoms with Crippen LogP contribution in [0.5, 0.6) is 0 Å². The third-order valence-corrected chi connectivity index (χ3v) is 4.10. The Labute approximate surface area is 154 Å². The van der Waals surface area contributed by atoms with Gasteiger partial charge in [-0.1, -0.05) is 18.2 Å². The minimum Gasteiger partial charge on any atom is -0.338 e. The van der Waals surface area contributed by atoms with E-state index < -0.39 is 11.7 Å². The Bertz CT molecular complexity index is 918. The normalized spacial score (nSPS) is 11.4. The molecule has 2 N–H and O–H groups in total. The second kappa shape index (κ2) is 8.07. The number of amides is 2. The van der Waals surface area contributed by atoms with E-state index in [0.717, 1.165) is 28.6 Å². The first-order valence-electron chi connectivity index (χ1n) is 8.48. The largest absolute Gasteiger partial charge is 0.416 e. The Morgan fingerprint density at radius 2 is 1.78 bits per heavy atom. The average molecular weight is 373 g/mol. The molecule has 0 aliphatic rings. The van der Waals surface area contributed by atoms with E-state index in [-0.39, 0.29) is 6.03 Å². The minimum atomic E-state index is -4.32. The summed E-state index contributed by atoms with van der Waals surface area (Å²) in [7, 11) is 0. The maximum absolute atomic E-state index is 12.5. The van der Waals surface area contributed by atoms with Crippen LogP contribution in [-0.2, 0) is 12.6 Å². The van der Waals surface area contributed by atoms with Crippen molar-refractivity contribution in [2.75, 3.05) is 11.9 Å². The van der Waals surface area contributed by atoms with Crippen LogP contribution >= 0.6 is 0 Å². The molecular formula is C20H18F3N3O. The lowest BCUT2D eigenvalue weighted by molar-refractivity contribution is -0.137. The van der Waals surface area contributed by atoms with Crippen molar-refractivity contribution in [3.8, 4) is 0 Å². The van der Waals surface area contributed by atoms with Gasteiger partial charge in [0.15, 0.2) is 0 Å². The van der Waals surface area contributed by atoms with E-state index in [1.165, 1.54) is 12.1 Å². The Morgan fingerprint density at radius 1 is 1.00 bits per heavy atom. The van der Waals surface area contributed by atoms with Crippen molar-refractivity contribution in [1.29, 1.82) is 0 Å². The number of carbonyl (C=O) groups is 1. The van der Waals surface area contributed by atoms with Crippen LogP contribution in [-0.4, -0.2) is 17.6 Å². The second-order valence-electron chi connectivity index (χ2n) is 6.05. The highest BCUT2D eigenvalue weighted by atomic mass is 19.4. The fourth-order valence-electron chi connectivity index (χ4n) is 2.73. The first-order valence-corrected chi connectivity index (χ1v) is 8.48. The van der Waals surface area contributed by atoms with Gasteiger partial charge in [0.25, 0.3) is 0 Å². The SMILES string of the molecule is O=C(NCCCc1ccc(C(F)(F)F)cc1)Nc1cccc2ncccc12. The van der Waals surface area contributed by atoms with Gasteiger partial charge in [-0.2, -0.15) is 13.2 Å². The Balaban J connectivity index is 1.47. The van der Waals surface area contributed by atoms with Gasteiger partial charge in [-0.25, -0.2) is 4.79 Å². The van der Waals surface area contributed by atoms with Gasteiger partial charge in [0.05, 0.1) is 16.8 Å². The molecule has 7 heteroatoms. The molecule has 0 saturated carbocycles. The number of halogens is 3. The highest BCUT2D eigenvalue weighted by Crippen LogP contribution is 2.29. The predicted molar refractivity (Wildman–Crippen MR) is 98.5 cm³/mol. The number of nitrogens with one attached hydrogen (secondary N) is 2. The van der Waals surface area contributed by atoms with Crippen LogP contribution < -0.4 is 10.6 Å². The summed E-state index contributed by atoms with van der Waals surface area (Å²) in [4.78, 5) is 16.3. The van der Waals surface area contributed by atoms with Crippen molar-refractivity contribution in [3.63, 3.8) is 0 Å². The summed E-state index contributed by atoms with van der Waals surface area (Å²) in [5.74, 6) is 0. The molecular weight excluding hydrogens is 355 g/mol. The lowest BCUT2D eigenvalue weighted by Gasteiger charge is -2.10. The zero-order chi connectivity index (χ0) is 19.3. The number of hydrogen-bond donors (Lipinski definition) is 2. The van der Waals surface area contributed by atoms with Crippen LogP contribution in [0.3, 0.4) is 0 Å². The first kappa shape index (κ1) is 18.7. The third-order valence-electron chi connectivity index (χ3n) is 4.10. The molecule has 0 aliphatic carbocycles. The number of fused-ring (bicyclic) bond motifs is 1. The van der Waals surface area contributed by atoms with Crippen LogP contribution in [0.2, 0.25) is 0 Å². The van der Waals surface area contributed by atoms with Crippen LogP contribution in [0.1, 0.15) is 17.5 Å².